The van der Waals surface area contributed by atoms with Gasteiger partial charge in [-0.25, -0.2) is 4.79 Å². The molecule has 5 nitrogen and oxygen atoms in total. The van der Waals surface area contributed by atoms with Gasteiger partial charge in [-0.2, -0.15) is 0 Å². The molecule has 1 aromatic rings. The minimum absolute atomic E-state index is 0.183. The maximum Gasteiger partial charge on any atom is 0.410 e. The molecule has 1 aliphatic heterocycles. The molecule has 1 atom stereocenters. The van der Waals surface area contributed by atoms with Crippen molar-refractivity contribution in [1.29, 1.82) is 0 Å². The van der Waals surface area contributed by atoms with Gasteiger partial charge in [0.05, 0.1) is 0 Å². The molecule has 1 saturated heterocycles. The third-order valence-electron chi connectivity index (χ3n) is 4.18. The number of piperazine rings is 1. The number of hydrogen-bond acceptors (Lipinski definition) is 4. The predicted octanol–water partition coefficient (Wildman–Crippen LogP) is 2.88. The van der Waals surface area contributed by atoms with Crippen LogP contribution in [0.5, 0.6) is 0 Å². The quantitative estimate of drug-likeness (QED) is 0.899. The summed E-state index contributed by atoms with van der Waals surface area (Å²) in [5.74, 6) is 0. The molecule has 0 aromatic heterocycles. The molecule has 5 heteroatoms. The van der Waals surface area contributed by atoms with Gasteiger partial charge in [-0.05, 0) is 39.2 Å². The Balaban J connectivity index is 1.99. The van der Waals surface area contributed by atoms with E-state index in [2.05, 4.69) is 29.2 Å². The lowest BCUT2D eigenvalue weighted by Crippen LogP contribution is -2.55. The topological polar surface area (TPSA) is 53.0 Å². The molecule has 134 valence electrons. The molecule has 1 amide bonds. The number of nitrogens with zero attached hydrogens (tertiary/aromatic N) is 2. The number of aliphatic hydroxyl groups is 1. The van der Waals surface area contributed by atoms with Crippen molar-refractivity contribution >= 4 is 6.09 Å². The SMILES string of the molecule is CC(C)(C)OC(=O)N1CCN(Cc2ccccc2)C(CCCO)C1. The summed E-state index contributed by atoms with van der Waals surface area (Å²) in [6.07, 6.45) is 1.39. The van der Waals surface area contributed by atoms with Crippen molar-refractivity contribution in [3.8, 4) is 0 Å². The lowest BCUT2D eigenvalue weighted by molar-refractivity contribution is 0.000590. The number of amides is 1. The Morgan fingerprint density at radius 1 is 1.25 bits per heavy atom. The highest BCUT2D eigenvalue weighted by Gasteiger charge is 2.31. The molecule has 1 aromatic carbocycles. The lowest BCUT2D eigenvalue weighted by Gasteiger charge is -2.41. The van der Waals surface area contributed by atoms with Crippen LogP contribution in [0.4, 0.5) is 4.79 Å². The first-order chi connectivity index (χ1) is 11.4. The summed E-state index contributed by atoms with van der Waals surface area (Å²) in [6.45, 7) is 8.88. The molecule has 0 bridgehead atoms. The van der Waals surface area contributed by atoms with E-state index < -0.39 is 5.60 Å². The summed E-state index contributed by atoms with van der Waals surface area (Å²) >= 11 is 0. The fourth-order valence-electron chi connectivity index (χ4n) is 3.01. The van der Waals surface area contributed by atoms with E-state index in [4.69, 9.17) is 4.74 Å². The van der Waals surface area contributed by atoms with Gasteiger partial charge in [0.15, 0.2) is 0 Å². The van der Waals surface area contributed by atoms with E-state index in [-0.39, 0.29) is 18.7 Å². The van der Waals surface area contributed by atoms with E-state index in [0.29, 0.717) is 13.1 Å². The van der Waals surface area contributed by atoms with Crippen LogP contribution in [0, 0.1) is 0 Å². The van der Waals surface area contributed by atoms with E-state index in [0.717, 1.165) is 25.9 Å². The van der Waals surface area contributed by atoms with Crippen LogP contribution in [0.3, 0.4) is 0 Å². The Kier molecular flexibility index (Phi) is 6.63. The van der Waals surface area contributed by atoms with Crippen LogP contribution < -0.4 is 0 Å². The third-order valence-corrected chi connectivity index (χ3v) is 4.18. The third kappa shape index (κ3) is 5.80. The molecular weight excluding hydrogens is 304 g/mol. The van der Waals surface area contributed by atoms with Crippen molar-refractivity contribution in [2.24, 2.45) is 0 Å². The highest BCUT2D eigenvalue weighted by molar-refractivity contribution is 5.68. The van der Waals surface area contributed by atoms with E-state index in [9.17, 15) is 9.90 Å². The smallest absolute Gasteiger partial charge is 0.410 e. The molecule has 0 spiro atoms. The number of benzene rings is 1. The molecule has 1 N–H and O–H groups in total. The van der Waals surface area contributed by atoms with Crippen LogP contribution in [0.2, 0.25) is 0 Å². The normalized spacial score (nSPS) is 19.3. The first kappa shape index (κ1) is 18.7. The standard InChI is InChI=1S/C19H30N2O3/c1-19(2,3)24-18(23)21-12-11-20(17(15-21)10-7-13-22)14-16-8-5-4-6-9-16/h4-6,8-9,17,22H,7,10-15H2,1-3H3. The van der Waals surface area contributed by atoms with Crippen LogP contribution in [0.25, 0.3) is 0 Å². The van der Waals surface area contributed by atoms with Gasteiger partial charge < -0.3 is 14.7 Å². The zero-order chi connectivity index (χ0) is 17.6. The van der Waals surface area contributed by atoms with Crippen molar-refractivity contribution in [3.63, 3.8) is 0 Å². The zero-order valence-electron chi connectivity index (χ0n) is 15.1. The molecule has 1 heterocycles. The Morgan fingerprint density at radius 2 is 1.96 bits per heavy atom. The van der Waals surface area contributed by atoms with Crippen molar-refractivity contribution in [3.05, 3.63) is 35.9 Å². The number of carbonyl (C=O) groups is 1. The van der Waals surface area contributed by atoms with E-state index in [1.165, 1.54) is 5.56 Å². The van der Waals surface area contributed by atoms with Crippen LogP contribution in [0.15, 0.2) is 30.3 Å². The van der Waals surface area contributed by atoms with Crippen molar-refractivity contribution in [2.45, 2.75) is 51.8 Å². The number of aliphatic hydroxyl groups excluding tert-OH is 1. The average Bonchev–Trinajstić information content (AvgIpc) is 2.53. The lowest BCUT2D eigenvalue weighted by atomic mass is 10.0. The summed E-state index contributed by atoms with van der Waals surface area (Å²) < 4.78 is 5.50. The van der Waals surface area contributed by atoms with E-state index in [1.54, 1.807) is 4.90 Å². The molecule has 1 unspecified atom stereocenters. The fraction of sp³-hybridized carbons (Fsp3) is 0.632. The fourth-order valence-corrected chi connectivity index (χ4v) is 3.01. The van der Waals surface area contributed by atoms with Gasteiger partial charge in [-0.1, -0.05) is 30.3 Å². The maximum absolute atomic E-state index is 12.3. The monoisotopic (exact) mass is 334 g/mol. The second-order valence-electron chi connectivity index (χ2n) is 7.40. The van der Waals surface area contributed by atoms with Gasteiger partial charge in [0.25, 0.3) is 0 Å². The van der Waals surface area contributed by atoms with Gasteiger partial charge >= 0.3 is 6.09 Å². The number of hydrogen-bond donors (Lipinski definition) is 1. The average molecular weight is 334 g/mol. The molecule has 1 aliphatic rings. The highest BCUT2D eigenvalue weighted by atomic mass is 16.6. The summed E-state index contributed by atoms with van der Waals surface area (Å²) in [5, 5.41) is 9.18. The maximum atomic E-state index is 12.3. The van der Waals surface area contributed by atoms with Crippen LogP contribution in [-0.4, -0.2) is 58.9 Å². The molecule has 0 aliphatic carbocycles. The minimum atomic E-state index is -0.473. The number of ether oxygens (including phenoxy) is 1. The molecule has 0 radical (unpaired) electrons. The number of rotatable bonds is 5. The number of carbonyl (C=O) groups excluding carboxylic acids is 1. The minimum Gasteiger partial charge on any atom is -0.444 e. The molecular formula is C19H30N2O3. The van der Waals surface area contributed by atoms with E-state index in [1.807, 2.05) is 26.8 Å². The van der Waals surface area contributed by atoms with Crippen molar-refractivity contribution in [1.82, 2.24) is 9.80 Å². The molecule has 24 heavy (non-hydrogen) atoms. The molecule has 2 rings (SSSR count). The first-order valence-electron chi connectivity index (χ1n) is 8.76. The summed E-state index contributed by atoms with van der Waals surface area (Å²) in [5.41, 5.74) is 0.802. The summed E-state index contributed by atoms with van der Waals surface area (Å²) in [7, 11) is 0. The first-order valence-corrected chi connectivity index (χ1v) is 8.76. The Hall–Kier alpha value is -1.59. The van der Waals surface area contributed by atoms with Gasteiger partial charge in [-0.3, -0.25) is 4.90 Å². The zero-order valence-corrected chi connectivity index (χ0v) is 15.1. The second kappa shape index (κ2) is 8.49. The predicted molar refractivity (Wildman–Crippen MR) is 94.8 cm³/mol. The Labute approximate surface area is 145 Å². The Morgan fingerprint density at radius 3 is 2.58 bits per heavy atom. The summed E-state index contributed by atoms with van der Waals surface area (Å²) in [4.78, 5) is 16.5. The van der Waals surface area contributed by atoms with Gasteiger partial charge in [0.1, 0.15) is 5.60 Å². The van der Waals surface area contributed by atoms with Crippen molar-refractivity contribution in [2.75, 3.05) is 26.2 Å². The van der Waals surface area contributed by atoms with Crippen molar-refractivity contribution < 1.29 is 14.6 Å². The largest absolute Gasteiger partial charge is 0.444 e. The molecule has 1 fully saturated rings. The van der Waals surface area contributed by atoms with Crippen LogP contribution in [-0.2, 0) is 11.3 Å². The van der Waals surface area contributed by atoms with E-state index >= 15 is 0 Å². The van der Waals surface area contributed by atoms with Gasteiger partial charge in [0.2, 0.25) is 0 Å². The second-order valence-corrected chi connectivity index (χ2v) is 7.40. The van der Waals surface area contributed by atoms with Gasteiger partial charge in [-0.15, -0.1) is 0 Å². The van der Waals surface area contributed by atoms with Crippen LogP contribution >= 0.6 is 0 Å². The Bertz CT molecular complexity index is 513. The summed E-state index contributed by atoms with van der Waals surface area (Å²) in [6, 6.07) is 10.6. The van der Waals surface area contributed by atoms with Gasteiger partial charge in [0, 0.05) is 38.8 Å². The highest BCUT2D eigenvalue weighted by Crippen LogP contribution is 2.20. The molecule has 0 saturated carbocycles. The van der Waals surface area contributed by atoms with Crippen LogP contribution in [0.1, 0.15) is 39.2 Å².